The Morgan fingerprint density at radius 3 is 2.73 bits per heavy atom. The molecule has 1 aliphatic rings. The number of methoxy groups -OCH3 is 1. The molecule has 6 nitrogen and oxygen atoms in total. The van der Waals surface area contributed by atoms with Crippen molar-refractivity contribution >= 4 is 17.5 Å². The van der Waals surface area contributed by atoms with Gasteiger partial charge in [-0.25, -0.2) is 0 Å². The van der Waals surface area contributed by atoms with Crippen LogP contribution >= 0.6 is 0 Å². The minimum atomic E-state index is -0.270. The number of benzene rings is 2. The number of carbonyl (C=O) groups is 2. The highest BCUT2D eigenvalue weighted by Gasteiger charge is 2.36. The maximum absolute atomic E-state index is 12.9. The van der Waals surface area contributed by atoms with E-state index in [9.17, 15) is 9.59 Å². The van der Waals surface area contributed by atoms with Gasteiger partial charge < -0.3 is 20.3 Å². The third-order valence-electron chi connectivity index (χ3n) is 5.30. The smallest absolute Gasteiger partial charge is 0.256 e. The largest absolute Gasteiger partial charge is 0.385 e. The number of unbranched alkanes of at least 4 members (excludes halogenated alkanes) is 2. The van der Waals surface area contributed by atoms with E-state index in [0.29, 0.717) is 25.3 Å². The fourth-order valence-electron chi connectivity index (χ4n) is 3.72. The van der Waals surface area contributed by atoms with Crippen molar-refractivity contribution in [1.82, 2.24) is 10.2 Å². The summed E-state index contributed by atoms with van der Waals surface area (Å²) in [6.45, 7) is 4.01. The first-order valence-electron chi connectivity index (χ1n) is 10.7. The van der Waals surface area contributed by atoms with E-state index in [0.717, 1.165) is 42.5 Å². The first-order chi connectivity index (χ1) is 14.7. The Hall–Kier alpha value is -2.86. The molecular weight excluding hydrogens is 378 g/mol. The van der Waals surface area contributed by atoms with Crippen LogP contribution in [0.5, 0.6) is 0 Å². The summed E-state index contributed by atoms with van der Waals surface area (Å²) >= 11 is 0. The lowest BCUT2D eigenvalue weighted by Gasteiger charge is -2.27. The summed E-state index contributed by atoms with van der Waals surface area (Å²) in [5, 5.41) is 6.44. The number of nitrogens with one attached hydrogen (secondary N) is 2. The molecule has 0 saturated carbocycles. The number of nitrogens with zero attached hydrogens (tertiary/aromatic N) is 1. The fourth-order valence-corrected chi connectivity index (χ4v) is 3.72. The summed E-state index contributed by atoms with van der Waals surface area (Å²) in [7, 11) is 1.66. The van der Waals surface area contributed by atoms with Crippen molar-refractivity contribution in [1.29, 1.82) is 0 Å². The number of rotatable bonds is 11. The Morgan fingerprint density at radius 1 is 1.10 bits per heavy atom. The standard InChI is InChI=1S/C24H31N3O3/c1-3-4-7-14-25-23(28)18-10-8-11-19(17-18)26-22-20-12-5-6-13-21(20)24(29)27(22)15-9-16-30-2/h5-6,8,10-13,17,22,26H,3-4,7,9,14-16H2,1-2H3,(H,25,28). The molecule has 0 saturated heterocycles. The Kier molecular flexibility index (Phi) is 7.85. The zero-order valence-electron chi connectivity index (χ0n) is 17.8. The maximum atomic E-state index is 12.9. The number of hydrogen-bond acceptors (Lipinski definition) is 4. The Bertz CT molecular complexity index is 868. The van der Waals surface area contributed by atoms with E-state index < -0.39 is 0 Å². The summed E-state index contributed by atoms with van der Waals surface area (Å²) in [4.78, 5) is 27.2. The highest BCUT2D eigenvalue weighted by Crippen LogP contribution is 2.34. The molecule has 3 rings (SSSR count). The van der Waals surface area contributed by atoms with E-state index in [-0.39, 0.29) is 18.0 Å². The summed E-state index contributed by atoms with van der Waals surface area (Å²) in [6, 6.07) is 15.1. The van der Waals surface area contributed by atoms with Gasteiger partial charge in [-0.05, 0) is 37.1 Å². The van der Waals surface area contributed by atoms with Gasteiger partial charge >= 0.3 is 0 Å². The Morgan fingerprint density at radius 2 is 1.93 bits per heavy atom. The molecule has 0 aromatic heterocycles. The second kappa shape index (κ2) is 10.8. The molecule has 1 unspecified atom stereocenters. The molecule has 1 heterocycles. The Balaban J connectivity index is 1.74. The molecule has 160 valence electrons. The number of ether oxygens (including phenoxy) is 1. The summed E-state index contributed by atoms with van der Waals surface area (Å²) in [6.07, 6.45) is 3.70. The third kappa shape index (κ3) is 5.19. The monoisotopic (exact) mass is 409 g/mol. The van der Waals surface area contributed by atoms with Crippen LogP contribution in [0.4, 0.5) is 5.69 Å². The molecular formula is C24H31N3O3. The van der Waals surface area contributed by atoms with Crippen LogP contribution in [0.1, 0.15) is 65.1 Å². The topological polar surface area (TPSA) is 70.7 Å². The van der Waals surface area contributed by atoms with Crippen molar-refractivity contribution in [2.45, 2.75) is 38.8 Å². The molecule has 2 aromatic carbocycles. The van der Waals surface area contributed by atoms with Crippen LogP contribution in [-0.2, 0) is 4.74 Å². The van der Waals surface area contributed by atoms with Gasteiger partial charge in [-0.3, -0.25) is 9.59 Å². The van der Waals surface area contributed by atoms with Gasteiger partial charge in [0, 0.05) is 49.2 Å². The van der Waals surface area contributed by atoms with E-state index >= 15 is 0 Å². The van der Waals surface area contributed by atoms with Crippen LogP contribution in [0.3, 0.4) is 0 Å². The Labute approximate surface area is 178 Å². The summed E-state index contributed by atoms with van der Waals surface area (Å²) in [5.74, 6) is -0.0568. The molecule has 0 fully saturated rings. The zero-order chi connectivity index (χ0) is 21.3. The van der Waals surface area contributed by atoms with Crippen LogP contribution in [0.15, 0.2) is 48.5 Å². The second-order valence-electron chi connectivity index (χ2n) is 7.52. The summed E-state index contributed by atoms with van der Waals surface area (Å²) in [5.41, 5.74) is 3.09. The average molecular weight is 410 g/mol. The van der Waals surface area contributed by atoms with Crippen LogP contribution < -0.4 is 10.6 Å². The molecule has 0 aliphatic carbocycles. The lowest BCUT2D eigenvalue weighted by atomic mass is 10.1. The van der Waals surface area contributed by atoms with Gasteiger partial charge in [0.25, 0.3) is 11.8 Å². The van der Waals surface area contributed by atoms with Gasteiger partial charge in [0.1, 0.15) is 6.17 Å². The third-order valence-corrected chi connectivity index (χ3v) is 5.30. The molecule has 2 aromatic rings. The highest BCUT2D eigenvalue weighted by atomic mass is 16.5. The molecule has 1 aliphatic heterocycles. The molecule has 1 atom stereocenters. The van der Waals surface area contributed by atoms with Crippen molar-refractivity contribution in [2.24, 2.45) is 0 Å². The van der Waals surface area contributed by atoms with Gasteiger partial charge in [-0.15, -0.1) is 0 Å². The molecule has 0 spiro atoms. The van der Waals surface area contributed by atoms with Gasteiger partial charge in [-0.1, -0.05) is 44.0 Å². The predicted molar refractivity (Wildman–Crippen MR) is 119 cm³/mol. The minimum Gasteiger partial charge on any atom is -0.385 e. The normalized spacial score (nSPS) is 15.2. The highest BCUT2D eigenvalue weighted by molar-refractivity contribution is 5.99. The predicted octanol–water partition coefficient (Wildman–Crippen LogP) is 4.21. The number of amides is 2. The van der Waals surface area contributed by atoms with E-state index in [1.54, 1.807) is 7.11 Å². The van der Waals surface area contributed by atoms with Gasteiger partial charge in [0.2, 0.25) is 0 Å². The molecule has 0 radical (unpaired) electrons. The fraction of sp³-hybridized carbons (Fsp3) is 0.417. The lowest BCUT2D eigenvalue weighted by Crippen LogP contribution is -2.33. The van der Waals surface area contributed by atoms with Crippen molar-refractivity contribution < 1.29 is 14.3 Å². The number of anilines is 1. The van der Waals surface area contributed by atoms with E-state index in [1.165, 1.54) is 0 Å². The molecule has 2 amide bonds. The van der Waals surface area contributed by atoms with E-state index in [4.69, 9.17) is 4.74 Å². The van der Waals surface area contributed by atoms with Crippen molar-refractivity contribution in [3.63, 3.8) is 0 Å². The van der Waals surface area contributed by atoms with Gasteiger partial charge in [0.05, 0.1) is 0 Å². The molecule has 30 heavy (non-hydrogen) atoms. The van der Waals surface area contributed by atoms with Gasteiger partial charge in [-0.2, -0.15) is 0 Å². The number of fused-ring (bicyclic) bond motifs is 1. The SMILES string of the molecule is CCCCCNC(=O)c1cccc(NC2c3ccccc3C(=O)N2CCCOC)c1. The summed E-state index contributed by atoms with van der Waals surface area (Å²) < 4.78 is 5.15. The molecule has 2 N–H and O–H groups in total. The first-order valence-corrected chi connectivity index (χ1v) is 10.7. The molecule has 0 bridgehead atoms. The zero-order valence-corrected chi connectivity index (χ0v) is 17.8. The van der Waals surface area contributed by atoms with Crippen molar-refractivity contribution in [2.75, 3.05) is 32.1 Å². The minimum absolute atomic E-state index is 0.0176. The number of carbonyl (C=O) groups excluding carboxylic acids is 2. The average Bonchev–Trinajstić information content (AvgIpc) is 3.03. The van der Waals surface area contributed by atoms with Crippen LogP contribution in [0.2, 0.25) is 0 Å². The maximum Gasteiger partial charge on any atom is 0.256 e. The van der Waals surface area contributed by atoms with E-state index in [2.05, 4.69) is 17.6 Å². The van der Waals surface area contributed by atoms with Crippen LogP contribution in [0.25, 0.3) is 0 Å². The first kappa shape index (κ1) is 21.8. The van der Waals surface area contributed by atoms with Crippen molar-refractivity contribution in [3.8, 4) is 0 Å². The van der Waals surface area contributed by atoms with E-state index in [1.807, 2.05) is 53.4 Å². The lowest BCUT2D eigenvalue weighted by molar-refractivity contribution is 0.0721. The molecule has 6 heteroatoms. The second-order valence-corrected chi connectivity index (χ2v) is 7.52. The number of hydrogen-bond donors (Lipinski definition) is 2. The van der Waals surface area contributed by atoms with Crippen LogP contribution in [-0.4, -0.2) is 43.5 Å². The quantitative estimate of drug-likeness (QED) is 0.546. The van der Waals surface area contributed by atoms with Gasteiger partial charge in [0.15, 0.2) is 0 Å². The van der Waals surface area contributed by atoms with Crippen LogP contribution in [0, 0.1) is 0 Å². The van der Waals surface area contributed by atoms with Crippen molar-refractivity contribution in [3.05, 3.63) is 65.2 Å².